The van der Waals surface area contributed by atoms with E-state index in [0.29, 0.717) is 13.2 Å². The third-order valence-electron chi connectivity index (χ3n) is 1.60. The maximum atomic E-state index is 8.99. The lowest BCUT2D eigenvalue weighted by Crippen LogP contribution is -2.00. The topological polar surface area (TPSA) is 38.7 Å². The van der Waals surface area contributed by atoms with E-state index in [1.807, 2.05) is 27.7 Å². The number of hydrogen-bond acceptors (Lipinski definition) is 3. The highest BCUT2D eigenvalue weighted by Crippen LogP contribution is 2.15. The van der Waals surface area contributed by atoms with Gasteiger partial charge in [0.2, 0.25) is 0 Å². The number of aromatic hydroxyl groups is 1. The van der Waals surface area contributed by atoms with Crippen molar-refractivity contribution in [3.05, 3.63) is 24.3 Å². The summed E-state index contributed by atoms with van der Waals surface area (Å²) in [5.41, 5.74) is 0. The van der Waals surface area contributed by atoms with E-state index < -0.39 is 0 Å². The van der Waals surface area contributed by atoms with Gasteiger partial charge in [-0.15, -0.1) is 0 Å². The van der Waals surface area contributed by atoms with E-state index in [-0.39, 0.29) is 5.75 Å². The molecule has 0 heterocycles. The van der Waals surface area contributed by atoms with Gasteiger partial charge >= 0.3 is 0 Å². The van der Waals surface area contributed by atoms with Crippen LogP contribution in [0.3, 0.4) is 0 Å². The molecule has 1 aromatic rings. The molecule has 0 amide bonds. The molecule has 0 atom stereocenters. The standard InChI is InChI=1S/C10H14O3.2C2H6/c1-12-7-2-8-13-10-5-3-9(11)4-6-10;2*1-2/h3-6,11H,2,7-8H2,1H3;2*1-2H3. The van der Waals surface area contributed by atoms with E-state index in [4.69, 9.17) is 14.6 Å². The van der Waals surface area contributed by atoms with Crippen LogP contribution < -0.4 is 4.74 Å². The lowest BCUT2D eigenvalue weighted by atomic mass is 10.3. The Labute approximate surface area is 105 Å². The molecule has 0 saturated heterocycles. The maximum Gasteiger partial charge on any atom is 0.119 e. The number of phenolic OH excluding ortho intramolecular Hbond substituents is 1. The van der Waals surface area contributed by atoms with Crippen LogP contribution in [0.5, 0.6) is 11.5 Å². The lowest BCUT2D eigenvalue weighted by molar-refractivity contribution is 0.172. The first-order valence-electron chi connectivity index (χ1n) is 6.23. The van der Waals surface area contributed by atoms with Crippen LogP contribution in [0.1, 0.15) is 34.1 Å². The average molecular weight is 242 g/mol. The number of hydrogen-bond donors (Lipinski definition) is 1. The molecule has 0 bridgehead atoms. The predicted octanol–water partition coefficient (Wildman–Crippen LogP) is 3.86. The highest BCUT2D eigenvalue weighted by Gasteiger charge is 1.93. The van der Waals surface area contributed by atoms with E-state index in [1.165, 1.54) is 0 Å². The van der Waals surface area contributed by atoms with Gasteiger partial charge in [0.05, 0.1) is 6.61 Å². The summed E-state index contributed by atoms with van der Waals surface area (Å²) in [6, 6.07) is 6.68. The summed E-state index contributed by atoms with van der Waals surface area (Å²) in [7, 11) is 1.67. The molecular weight excluding hydrogens is 216 g/mol. The Morgan fingerprint density at radius 2 is 1.47 bits per heavy atom. The summed E-state index contributed by atoms with van der Waals surface area (Å²) in [4.78, 5) is 0. The van der Waals surface area contributed by atoms with Crippen molar-refractivity contribution in [3.8, 4) is 11.5 Å². The molecule has 1 N–H and O–H groups in total. The molecule has 0 radical (unpaired) electrons. The van der Waals surface area contributed by atoms with Crippen molar-refractivity contribution in [3.63, 3.8) is 0 Å². The summed E-state index contributed by atoms with van der Waals surface area (Å²) in [5.74, 6) is 1.03. The van der Waals surface area contributed by atoms with Gasteiger partial charge in [0.1, 0.15) is 11.5 Å². The fourth-order valence-corrected chi connectivity index (χ4v) is 0.936. The number of methoxy groups -OCH3 is 1. The zero-order valence-corrected chi connectivity index (χ0v) is 11.7. The smallest absolute Gasteiger partial charge is 0.119 e. The van der Waals surface area contributed by atoms with Gasteiger partial charge in [-0.25, -0.2) is 0 Å². The molecule has 1 aromatic carbocycles. The van der Waals surface area contributed by atoms with Crippen molar-refractivity contribution in [1.82, 2.24) is 0 Å². The number of phenols is 1. The van der Waals surface area contributed by atoms with Gasteiger partial charge < -0.3 is 14.6 Å². The first kappa shape index (κ1) is 18.2. The van der Waals surface area contributed by atoms with Crippen LogP contribution in [-0.2, 0) is 4.74 Å². The van der Waals surface area contributed by atoms with Crippen LogP contribution in [0.2, 0.25) is 0 Å². The second-order valence-electron chi connectivity index (χ2n) is 2.69. The molecule has 3 heteroatoms. The molecule has 0 fully saturated rings. The molecule has 0 aromatic heterocycles. The molecule has 100 valence electrons. The molecule has 0 aliphatic rings. The van der Waals surface area contributed by atoms with E-state index in [9.17, 15) is 0 Å². The maximum absolute atomic E-state index is 8.99. The SMILES string of the molecule is CC.CC.COCCCOc1ccc(O)cc1. The number of rotatable bonds is 5. The molecule has 0 unspecified atom stereocenters. The van der Waals surface area contributed by atoms with Crippen LogP contribution in [0.4, 0.5) is 0 Å². The molecule has 0 spiro atoms. The fourth-order valence-electron chi connectivity index (χ4n) is 0.936. The molecule has 0 aliphatic carbocycles. The van der Waals surface area contributed by atoms with Crippen LogP contribution in [0, 0.1) is 0 Å². The Hall–Kier alpha value is -1.22. The van der Waals surface area contributed by atoms with Crippen LogP contribution >= 0.6 is 0 Å². The minimum absolute atomic E-state index is 0.254. The fraction of sp³-hybridized carbons (Fsp3) is 0.571. The van der Waals surface area contributed by atoms with Gasteiger partial charge in [-0.2, -0.15) is 0 Å². The van der Waals surface area contributed by atoms with Crippen LogP contribution in [0.25, 0.3) is 0 Å². The third kappa shape index (κ3) is 11.1. The van der Waals surface area contributed by atoms with Crippen molar-refractivity contribution in [2.45, 2.75) is 34.1 Å². The number of ether oxygens (including phenoxy) is 2. The van der Waals surface area contributed by atoms with Crippen molar-refractivity contribution in [2.24, 2.45) is 0 Å². The minimum Gasteiger partial charge on any atom is -0.508 e. The highest BCUT2D eigenvalue weighted by atomic mass is 16.5. The Morgan fingerprint density at radius 1 is 0.941 bits per heavy atom. The lowest BCUT2D eigenvalue weighted by Gasteiger charge is -2.04. The van der Waals surface area contributed by atoms with Gasteiger partial charge in [0, 0.05) is 20.1 Å². The first-order chi connectivity index (χ1) is 8.33. The Kier molecular flexibility index (Phi) is 15.8. The molecule has 3 nitrogen and oxygen atoms in total. The van der Waals surface area contributed by atoms with E-state index in [1.54, 1.807) is 31.4 Å². The zero-order chi connectivity index (χ0) is 13.5. The van der Waals surface area contributed by atoms with E-state index >= 15 is 0 Å². The molecule has 0 saturated carbocycles. The Morgan fingerprint density at radius 3 is 1.94 bits per heavy atom. The van der Waals surface area contributed by atoms with Crippen molar-refractivity contribution in [2.75, 3.05) is 20.3 Å². The van der Waals surface area contributed by atoms with E-state index in [2.05, 4.69) is 0 Å². The highest BCUT2D eigenvalue weighted by molar-refractivity contribution is 5.29. The van der Waals surface area contributed by atoms with Gasteiger partial charge in [-0.3, -0.25) is 0 Å². The molecule has 17 heavy (non-hydrogen) atoms. The minimum atomic E-state index is 0.254. The summed E-state index contributed by atoms with van der Waals surface area (Å²) in [5, 5.41) is 8.99. The quantitative estimate of drug-likeness (QED) is 0.797. The van der Waals surface area contributed by atoms with Crippen molar-refractivity contribution < 1.29 is 14.6 Å². The average Bonchev–Trinajstić information content (AvgIpc) is 2.41. The zero-order valence-electron chi connectivity index (χ0n) is 11.7. The van der Waals surface area contributed by atoms with Crippen molar-refractivity contribution in [1.29, 1.82) is 0 Å². The van der Waals surface area contributed by atoms with E-state index in [0.717, 1.165) is 12.2 Å². The summed E-state index contributed by atoms with van der Waals surface area (Å²) in [6.07, 6.45) is 0.872. The number of benzene rings is 1. The first-order valence-corrected chi connectivity index (χ1v) is 6.23. The summed E-state index contributed by atoms with van der Waals surface area (Å²) in [6.45, 7) is 9.34. The molecule has 0 aliphatic heterocycles. The predicted molar refractivity (Wildman–Crippen MR) is 72.8 cm³/mol. The van der Waals surface area contributed by atoms with Gasteiger partial charge in [-0.05, 0) is 24.3 Å². The summed E-state index contributed by atoms with van der Waals surface area (Å²) >= 11 is 0. The van der Waals surface area contributed by atoms with Crippen LogP contribution in [0.15, 0.2) is 24.3 Å². The Balaban J connectivity index is 0. The monoisotopic (exact) mass is 242 g/mol. The second kappa shape index (κ2) is 14.8. The van der Waals surface area contributed by atoms with Crippen LogP contribution in [-0.4, -0.2) is 25.4 Å². The Bertz CT molecular complexity index is 232. The second-order valence-corrected chi connectivity index (χ2v) is 2.69. The molecular formula is C14H26O3. The van der Waals surface area contributed by atoms with Gasteiger partial charge in [0.25, 0.3) is 0 Å². The third-order valence-corrected chi connectivity index (χ3v) is 1.60. The normalized spacial score (nSPS) is 8.29. The van der Waals surface area contributed by atoms with Gasteiger partial charge in [0.15, 0.2) is 0 Å². The summed E-state index contributed by atoms with van der Waals surface area (Å²) < 4.78 is 10.3. The van der Waals surface area contributed by atoms with Gasteiger partial charge in [-0.1, -0.05) is 27.7 Å². The molecule has 1 rings (SSSR count). The van der Waals surface area contributed by atoms with Crippen molar-refractivity contribution >= 4 is 0 Å². The largest absolute Gasteiger partial charge is 0.508 e.